The van der Waals surface area contributed by atoms with E-state index < -0.39 is 0 Å². The van der Waals surface area contributed by atoms with Crippen LogP contribution in [0.4, 0.5) is 5.69 Å². The molecule has 0 radical (unpaired) electrons. The van der Waals surface area contributed by atoms with E-state index >= 15 is 0 Å². The molecular formula is C22H25N3O3. The van der Waals surface area contributed by atoms with Crippen LogP contribution < -0.4 is 5.32 Å². The number of hydrogen-bond acceptors (Lipinski definition) is 3. The lowest BCUT2D eigenvalue weighted by Gasteiger charge is -2.35. The number of amides is 3. The van der Waals surface area contributed by atoms with Gasteiger partial charge in [0.15, 0.2) is 0 Å². The Hall–Kier alpha value is -3.15. The van der Waals surface area contributed by atoms with Gasteiger partial charge in [0.2, 0.25) is 5.91 Å². The number of piperazine rings is 1. The van der Waals surface area contributed by atoms with E-state index in [0.29, 0.717) is 43.0 Å². The van der Waals surface area contributed by atoms with Crippen molar-refractivity contribution in [1.82, 2.24) is 9.80 Å². The van der Waals surface area contributed by atoms with Gasteiger partial charge in [-0.3, -0.25) is 14.4 Å². The number of carbonyl (C=O) groups is 3. The zero-order chi connectivity index (χ0) is 20.3. The first kappa shape index (κ1) is 19.6. The Labute approximate surface area is 165 Å². The maximum Gasteiger partial charge on any atom is 0.254 e. The zero-order valence-electron chi connectivity index (χ0n) is 16.5. The molecule has 3 rings (SSSR count). The van der Waals surface area contributed by atoms with Crippen molar-refractivity contribution in [1.29, 1.82) is 0 Å². The van der Waals surface area contributed by atoms with Gasteiger partial charge in [0, 0.05) is 49.9 Å². The van der Waals surface area contributed by atoms with Crippen LogP contribution in [-0.4, -0.2) is 53.7 Å². The quantitative estimate of drug-likeness (QED) is 0.892. The molecule has 2 aromatic rings. The molecule has 28 heavy (non-hydrogen) atoms. The third-order valence-electron chi connectivity index (χ3n) is 5.04. The molecule has 1 saturated heterocycles. The molecule has 1 fully saturated rings. The smallest absolute Gasteiger partial charge is 0.254 e. The van der Waals surface area contributed by atoms with Crippen LogP contribution in [0, 0.1) is 13.8 Å². The minimum atomic E-state index is -0.178. The Morgan fingerprint density at radius 3 is 1.89 bits per heavy atom. The molecule has 6 nitrogen and oxygen atoms in total. The van der Waals surface area contributed by atoms with Crippen molar-refractivity contribution >= 4 is 23.4 Å². The van der Waals surface area contributed by atoms with Gasteiger partial charge in [0.1, 0.15) is 0 Å². The number of nitrogens with zero attached hydrogens (tertiary/aromatic N) is 2. The number of anilines is 1. The highest BCUT2D eigenvalue weighted by Gasteiger charge is 2.25. The van der Waals surface area contributed by atoms with Crippen LogP contribution in [0.15, 0.2) is 42.5 Å². The van der Waals surface area contributed by atoms with Gasteiger partial charge in [0.25, 0.3) is 11.8 Å². The molecule has 0 atom stereocenters. The summed E-state index contributed by atoms with van der Waals surface area (Å²) in [6, 6.07) is 12.6. The Morgan fingerprint density at radius 1 is 0.786 bits per heavy atom. The van der Waals surface area contributed by atoms with Crippen LogP contribution in [0.1, 0.15) is 38.8 Å². The molecule has 1 heterocycles. The fourth-order valence-electron chi connectivity index (χ4n) is 3.29. The number of aryl methyl sites for hydroxylation is 2. The van der Waals surface area contributed by atoms with Gasteiger partial charge < -0.3 is 15.1 Å². The first-order valence-corrected chi connectivity index (χ1v) is 9.38. The van der Waals surface area contributed by atoms with Gasteiger partial charge in [-0.2, -0.15) is 0 Å². The van der Waals surface area contributed by atoms with Gasteiger partial charge in [-0.15, -0.1) is 0 Å². The molecule has 6 heteroatoms. The fourth-order valence-corrected chi connectivity index (χ4v) is 3.29. The summed E-state index contributed by atoms with van der Waals surface area (Å²) in [5.41, 5.74) is 4.07. The highest BCUT2D eigenvalue weighted by molar-refractivity contribution is 5.97. The molecule has 0 unspecified atom stereocenters. The number of rotatable bonds is 3. The van der Waals surface area contributed by atoms with Crippen LogP contribution in [0.3, 0.4) is 0 Å². The molecule has 0 bridgehead atoms. The molecule has 0 spiro atoms. The van der Waals surface area contributed by atoms with Crippen molar-refractivity contribution in [2.24, 2.45) is 0 Å². The lowest BCUT2D eigenvalue weighted by molar-refractivity contribution is -0.114. The predicted octanol–water partition coefficient (Wildman–Crippen LogP) is 2.86. The normalized spacial score (nSPS) is 14.0. The van der Waals surface area contributed by atoms with Crippen LogP contribution in [-0.2, 0) is 4.79 Å². The van der Waals surface area contributed by atoms with Gasteiger partial charge in [-0.25, -0.2) is 0 Å². The van der Waals surface area contributed by atoms with Crippen molar-refractivity contribution < 1.29 is 14.4 Å². The summed E-state index contributed by atoms with van der Waals surface area (Å²) in [6.45, 7) is 7.43. The predicted molar refractivity (Wildman–Crippen MR) is 108 cm³/mol. The number of benzene rings is 2. The maximum absolute atomic E-state index is 12.8. The van der Waals surface area contributed by atoms with Gasteiger partial charge in [0.05, 0.1) is 0 Å². The summed E-state index contributed by atoms with van der Waals surface area (Å²) in [6.07, 6.45) is 0. The van der Waals surface area contributed by atoms with Crippen LogP contribution >= 0.6 is 0 Å². The van der Waals surface area contributed by atoms with E-state index in [1.54, 1.807) is 34.1 Å². The van der Waals surface area contributed by atoms with Gasteiger partial charge in [-0.05, 0) is 55.3 Å². The maximum atomic E-state index is 12.8. The van der Waals surface area contributed by atoms with Gasteiger partial charge in [-0.1, -0.05) is 12.1 Å². The lowest BCUT2D eigenvalue weighted by Crippen LogP contribution is -2.50. The molecule has 1 aliphatic rings. The first-order valence-electron chi connectivity index (χ1n) is 9.38. The van der Waals surface area contributed by atoms with Crippen molar-refractivity contribution in [3.05, 3.63) is 64.7 Å². The average molecular weight is 379 g/mol. The SMILES string of the molecule is CC(=O)Nc1cccc(C(=O)N2CCN(C(=O)c3ccc(C)c(C)c3)CC2)c1. The van der Waals surface area contributed by atoms with Crippen molar-refractivity contribution in [2.45, 2.75) is 20.8 Å². The summed E-state index contributed by atoms with van der Waals surface area (Å²) in [7, 11) is 0. The van der Waals surface area contributed by atoms with Gasteiger partial charge >= 0.3 is 0 Å². The second-order valence-electron chi connectivity index (χ2n) is 7.15. The van der Waals surface area contributed by atoms with E-state index in [-0.39, 0.29) is 17.7 Å². The fraction of sp³-hybridized carbons (Fsp3) is 0.318. The monoisotopic (exact) mass is 379 g/mol. The molecule has 0 aliphatic carbocycles. The van der Waals surface area contributed by atoms with Crippen molar-refractivity contribution in [3.8, 4) is 0 Å². The van der Waals surface area contributed by atoms with Crippen molar-refractivity contribution in [3.63, 3.8) is 0 Å². The summed E-state index contributed by atoms with van der Waals surface area (Å²) in [5, 5.41) is 2.69. The second kappa shape index (κ2) is 8.25. The Kier molecular flexibility index (Phi) is 5.78. The third kappa shape index (κ3) is 4.39. The molecule has 2 aromatic carbocycles. The summed E-state index contributed by atoms with van der Waals surface area (Å²) in [5.74, 6) is -0.267. The van der Waals surface area contributed by atoms with E-state index in [0.717, 1.165) is 11.1 Å². The summed E-state index contributed by atoms with van der Waals surface area (Å²) in [4.78, 5) is 40.3. The van der Waals surface area contributed by atoms with E-state index in [2.05, 4.69) is 5.32 Å². The molecule has 0 aromatic heterocycles. The minimum absolute atomic E-state index is 0.00264. The lowest BCUT2D eigenvalue weighted by atomic mass is 10.1. The third-order valence-corrected chi connectivity index (χ3v) is 5.04. The topological polar surface area (TPSA) is 69.7 Å². The Bertz CT molecular complexity index is 915. The highest BCUT2D eigenvalue weighted by Crippen LogP contribution is 2.16. The molecule has 1 aliphatic heterocycles. The summed E-state index contributed by atoms with van der Waals surface area (Å²) >= 11 is 0. The Morgan fingerprint density at radius 2 is 1.36 bits per heavy atom. The van der Waals surface area contributed by atoms with E-state index in [1.807, 2.05) is 32.0 Å². The highest BCUT2D eigenvalue weighted by atomic mass is 16.2. The molecule has 3 amide bonds. The van der Waals surface area contributed by atoms with E-state index in [1.165, 1.54) is 6.92 Å². The zero-order valence-corrected chi connectivity index (χ0v) is 16.5. The van der Waals surface area contributed by atoms with Crippen molar-refractivity contribution in [2.75, 3.05) is 31.5 Å². The largest absolute Gasteiger partial charge is 0.335 e. The number of hydrogen-bond donors (Lipinski definition) is 1. The minimum Gasteiger partial charge on any atom is -0.335 e. The molecule has 1 N–H and O–H groups in total. The van der Waals surface area contributed by atoms with E-state index in [9.17, 15) is 14.4 Å². The molecule has 146 valence electrons. The van der Waals surface area contributed by atoms with Crippen LogP contribution in [0.5, 0.6) is 0 Å². The Balaban J connectivity index is 1.63. The first-order chi connectivity index (χ1) is 13.3. The molecule has 0 saturated carbocycles. The second-order valence-corrected chi connectivity index (χ2v) is 7.15. The van der Waals surface area contributed by atoms with Crippen LogP contribution in [0.2, 0.25) is 0 Å². The number of carbonyl (C=O) groups excluding carboxylic acids is 3. The standard InChI is InChI=1S/C22H25N3O3/c1-15-7-8-19(13-16(15)2)22(28)25-11-9-24(10-12-25)21(27)18-5-4-6-20(14-18)23-17(3)26/h4-8,13-14H,9-12H2,1-3H3,(H,23,26). The summed E-state index contributed by atoms with van der Waals surface area (Å²) < 4.78 is 0. The molecular weight excluding hydrogens is 354 g/mol. The van der Waals surface area contributed by atoms with Crippen LogP contribution in [0.25, 0.3) is 0 Å². The average Bonchev–Trinajstić information content (AvgIpc) is 2.69. The van der Waals surface area contributed by atoms with E-state index in [4.69, 9.17) is 0 Å². The number of nitrogens with one attached hydrogen (secondary N) is 1.